The van der Waals surface area contributed by atoms with Gasteiger partial charge < -0.3 is 14.5 Å². The molecule has 2 aliphatic carbocycles. The Kier molecular flexibility index (Phi) is 5.48. The monoisotopic (exact) mass is 482 g/mol. The number of hydrogen-bond acceptors (Lipinski definition) is 6. The summed E-state index contributed by atoms with van der Waals surface area (Å²) >= 11 is 0. The van der Waals surface area contributed by atoms with E-state index in [0.717, 1.165) is 41.2 Å². The minimum atomic E-state index is -0.610. The fourth-order valence-electron chi connectivity index (χ4n) is 5.32. The summed E-state index contributed by atoms with van der Waals surface area (Å²) in [6.07, 6.45) is 4.21. The Morgan fingerprint density at radius 2 is 1.78 bits per heavy atom. The van der Waals surface area contributed by atoms with Crippen molar-refractivity contribution in [2.45, 2.75) is 37.6 Å². The van der Waals surface area contributed by atoms with Gasteiger partial charge in [0.25, 0.3) is 0 Å². The third-order valence-electron chi connectivity index (χ3n) is 7.25. The summed E-state index contributed by atoms with van der Waals surface area (Å²) in [6.45, 7) is 0. The molecule has 0 saturated heterocycles. The molecule has 1 aliphatic heterocycles. The first kappa shape index (κ1) is 22.3. The van der Waals surface area contributed by atoms with Crippen molar-refractivity contribution in [1.82, 2.24) is 0 Å². The molecule has 1 amide bonds. The lowest BCUT2D eigenvalue weighted by atomic mass is 9.80. The number of nitrogens with zero attached hydrogens (tertiary/aromatic N) is 1. The fraction of sp³-hybridized carbons (Fsp3) is 0.276. The van der Waals surface area contributed by atoms with Gasteiger partial charge >= 0.3 is 5.97 Å². The molecule has 0 radical (unpaired) electrons. The molecule has 2 aromatic carbocycles. The molecule has 3 aliphatic rings. The molecule has 0 spiro atoms. The van der Waals surface area contributed by atoms with Gasteiger partial charge in [0, 0.05) is 29.5 Å². The van der Waals surface area contributed by atoms with Crippen LogP contribution in [0.3, 0.4) is 0 Å². The van der Waals surface area contributed by atoms with Crippen LogP contribution in [0.4, 0.5) is 11.4 Å². The van der Waals surface area contributed by atoms with Crippen LogP contribution in [-0.2, 0) is 14.3 Å². The summed E-state index contributed by atoms with van der Waals surface area (Å²) in [5, 5.41) is 3.52. The first-order valence-corrected chi connectivity index (χ1v) is 12.2. The minimum Gasteiger partial charge on any atom is -0.469 e. The van der Waals surface area contributed by atoms with Crippen molar-refractivity contribution in [3.05, 3.63) is 95.1 Å². The van der Waals surface area contributed by atoms with E-state index in [1.54, 1.807) is 23.3 Å². The third-order valence-corrected chi connectivity index (χ3v) is 7.25. The molecule has 7 heteroatoms. The first-order valence-electron chi connectivity index (χ1n) is 12.2. The maximum atomic E-state index is 13.8. The van der Waals surface area contributed by atoms with Crippen molar-refractivity contribution in [2.75, 3.05) is 17.3 Å². The predicted octanol–water partition coefficient (Wildman–Crippen LogP) is 5.38. The highest BCUT2D eigenvalue weighted by Crippen LogP contribution is 2.49. The minimum absolute atomic E-state index is 0.0148. The van der Waals surface area contributed by atoms with Gasteiger partial charge in [-0.25, -0.2) is 4.79 Å². The van der Waals surface area contributed by atoms with Crippen LogP contribution in [-0.4, -0.2) is 24.8 Å². The fourth-order valence-corrected chi connectivity index (χ4v) is 5.32. The van der Waals surface area contributed by atoms with Crippen molar-refractivity contribution in [3.63, 3.8) is 0 Å². The molecule has 1 saturated carbocycles. The average Bonchev–Trinajstić information content (AvgIpc) is 3.64. The number of amides is 1. The number of para-hydroxylation sites is 2. The molecule has 2 heterocycles. The smallest absolute Gasteiger partial charge is 0.337 e. The topological polar surface area (TPSA) is 88.8 Å². The summed E-state index contributed by atoms with van der Waals surface area (Å²) in [5.41, 5.74) is 4.11. The van der Waals surface area contributed by atoms with E-state index < -0.39 is 12.0 Å². The number of esters is 1. The van der Waals surface area contributed by atoms with Crippen LogP contribution in [0.2, 0.25) is 0 Å². The average molecular weight is 483 g/mol. The van der Waals surface area contributed by atoms with Gasteiger partial charge in [-0.15, -0.1) is 0 Å². The largest absolute Gasteiger partial charge is 0.469 e. The number of ketones is 1. The van der Waals surface area contributed by atoms with Crippen LogP contribution < -0.4 is 10.2 Å². The number of anilines is 2. The second kappa shape index (κ2) is 8.82. The Balaban J connectivity index is 1.53. The number of carbonyl (C=O) groups excluding carboxylic acids is 3. The number of rotatable bonds is 4. The highest BCUT2D eigenvalue weighted by molar-refractivity contribution is 6.07. The maximum absolute atomic E-state index is 13.8. The van der Waals surface area contributed by atoms with Crippen LogP contribution in [0.5, 0.6) is 0 Å². The summed E-state index contributed by atoms with van der Waals surface area (Å²) in [4.78, 5) is 41.5. The molecule has 0 bridgehead atoms. The van der Waals surface area contributed by atoms with Crippen LogP contribution in [0.1, 0.15) is 59.3 Å². The lowest BCUT2D eigenvalue weighted by Gasteiger charge is -2.35. The SMILES string of the molecule is COC(=O)c1ccc([C@H]2C3=C(C[C@@H](c4ccco4)CC3=O)Nc3ccccc3N2C(=O)C2CC2)cc1. The van der Waals surface area contributed by atoms with Crippen molar-refractivity contribution in [2.24, 2.45) is 5.92 Å². The van der Waals surface area contributed by atoms with Crippen LogP contribution >= 0.6 is 0 Å². The number of furan rings is 1. The summed E-state index contributed by atoms with van der Waals surface area (Å²) in [5.74, 6) is 0.203. The quantitative estimate of drug-likeness (QED) is 0.503. The number of carbonyl (C=O) groups is 3. The molecular formula is C29H26N2O5. The lowest BCUT2D eigenvalue weighted by molar-refractivity contribution is -0.120. The predicted molar refractivity (Wildman–Crippen MR) is 134 cm³/mol. The number of allylic oxidation sites excluding steroid dienone is 1. The van der Waals surface area contributed by atoms with Crippen molar-refractivity contribution >= 4 is 29.0 Å². The Labute approximate surface area is 208 Å². The number of Topliss-reactive ketones (excluding diaryl/α,β-unsaturated/α-hetero) is 1. The standard InChI is InChI=1S/C29H26N2O5/c1-35-29(34)19-12-8-17(9-13-19)27-26-22(15-20(16-24(26)32)25-7-4-14-36-25)30-21-5-2-3-6-23(21)31(27)28(33)18-10-11-18/h2-9,12-14,18,20,27,30H,10-11,15-16H2,1H3/t20-,27+/m1/s1. The number of nitrogens with one attached hydrogen (secondary N) is 1. The molecule has 1 aromatic heterocycles. The normalized spacial score (nSPS) is 21.2. The number of benzene rings is 2. The molecule has 2 atom stereocenters. The maximum Gasteiger partial charge on any atom is 0.337 e. The number of methoxy groups -OCH3 is 1. The second-order valence-corrected chi connectivity index (χ2v) is 9.58. The van der Waals surface area contributed by atoms with Crippen molar-refractivity contribution in [3.8, 4) is 0 Å². The Morgan fingerprint density at radius 1 is 1.00 bits per heavy atom. The molecule has 1 fully saturated rings. The van der Waals surface area contributed by atoms with Gasteiger partial charge in [0.1, 0.15) is 5.76 Å². The summed E-state index contributed by atoms with van der Waals surface area (Å²) < 4.78 is 10.5. The van der Waals surface area contributed by atoms with E-state index in [-0.39, 0.29) is 23.5 Å². The van der Waals surface area contributed by atoms with E-state index in [0.29, 0.717) is 24.0 Å². The second-order valence-electron chi connectivity index (χ2n) is 9.58. The summed E-state index contributed by atoms with van der Waals surface area (Å²) in [7, 11) is 1.34. The molecular weight excluding hydrogens is 456 g/mol. The molecule has 7 nitrogen and oxygen atoms in total. The molecule has 182 valence electrons. The van der Waals surface area contributed by atoms with Gasteiger partial charge in [-0.1, -0.05) is 24.3 Å². The summed E-state index contributed by atoms with van der Waals surface area (Å²) in [6, 6.07) is 17.8. The van der Waals surface area contributed by atoms with Gasteiger partial charge in [-0.2, -0.15) is 0 Å². The van der Waals surface area contributed by atoms with E-state index in [9.17, 15) is 14.4 Å². The number of ether oxygens (including phenoxy) is 1. The molecule has 3 aromatic rings. The van der Waals surface area contributed by atoms with E-state index >= 15 is 0 Å². The Bertz CT molecular complexity index is 1370. The lowest BCUT2D eigenvalue weighted by Crippen LogP contribution is -2.39. The molecule has 0 unspecified atom stereocenters. The number of fused-ring (bicyclic) bond motifs is 1. The third kappa shape index (κ3) is 3.81. The van der Waals surface area contributed by atoms with Crippen LogP contribution in [0.25, 0.3) is 0 Å². The molecule has 36 heavy (non-hydrogen) atoms. The number of hydrogen-bond donors (Lipinski definition) is 1. The van der Waals surface area contributed by atoms with E-state index in [1.807, 2.05) is 48.5 Å². The molecule has 1 N–H and O–H groups in total. The van der Waals surface area contributed by atoms with Gasteiger partial charge in [-0.3, -0.25) is 14.5 Å². The zero-order chi connectivity index (χ0) is 24.8. The zero-order valence-corrected chi connectivity index (χ0v) is 19.9. The van der Waals surface area contributed by atoms with E-state index in [4.69, 9.17) is 9.15 Å². The first-order chi connectivity index (χ1) is 17.5. The van der Waals surface area contributed by atoms with Crippen molar-refractivity contribution < 1.29 is 23.5 Å². The Morgan fingerprint density at radius 3 is 2.47 bits per heavy atom. The van der Waals surface area contributed by atoms with E-state index in [1.165, 1.54) is 7.11 Å². The highest BCUT2D eigenvalue weighted by Gasteiger charge is 2.45. The van der Waals surface area contributed by atoms with Crippen molar-refractivity contribution in [1.29, 1.82) is 0 Å². The van der Waals surface area contributed by atoms with E-state index in [2.05, 4.69) is 5.32 Å². The highest BCUT2D eigenvalue weighted by atomic mass is 16.5. The van der Waals surface area contributed by atoms with Crippen LogP contribution in [0, 0.1) is 5.92 Å². The Hall–Kier alpha value is -4.13. The van der Waals surface area contributed by atoms with Gasteiger partial charge in [0.15, 0.2) is 5.78 Å². The van der Waals surface area contributed by atoms with Gasteiger partial charge in [0.2, 0.25) is 5.91 Å². The molecule has 6 rings (SSSR count). The van der Waals surface area contributed by atoms with Gasteiger partial charge in [0.05, 0.1) is 36.4 Å². The zero-order valence-electron chi connectivity index (χ0n) is 19.9. The van der Waals surface area contributed by atoms with Crippen LogP contribution in [0.15, 0.2) is 82.6 Å². The van der Waals surface area contributed by atoms with Gasteiger partial charge in [-0.05, 0) is 61.2 Å².